The first-order valence-electron chi connectivity index (χ1n) is 7.41. The van der Waals surface area contributed by atoms with E-state index in [4.69, 9.17) is 0 Å². The van der Waals surface area contributed by atoms with E-state index >= 15 is 0 Å². The lowest BCUT2D eigenvalue weighted by molar-refractivity contribution is 0.0696. The summed E-state index contributed by atoms with van der Waals surface area (Å²) in [5.41, 5.74) is 4.98. The number of aliphatic imine (C=N–C) groups is 1. The van der Waals surface area contributed by atoms with Gasteiger partial charge in [0.15, 0.2) is 0 Å². The van der Waals surface area contributed by atoms with Crippen LogP contribution in [0.15, 0.2) is 47.5 Å². The fraction of sp³-hybridized carbons (Fsp3) is 0.158. The van der Waals surface area contributed by atoms with Crippen molar-refractivity contribution in [3.05, 3.63) is 64.8 Å². The molecule has 116 valence electrons. The van der Waals surface area contributed by atoms with Gasteiger partial charge in [-0.15, -0.1) is 0 Å². The van der Waals surface area contributed by atoms with Gasteiger partial charge in [0.2, 0.25) is 0 Å². The smallest absolute Gasteiger partial charge is 0.336 e. The quantitative estimate of drug-likeness (QED) is 0.736. The van der Waals surface area contributed by atoms with Gasteiger partial charge in [-0.05, 0) is 37.6 Å². The van der Waals surface area contributed by atoms with Crippen molar-refractivity contribution in [3.63, 3.8) is 0 Å². The second-order valence-electron chi connectivity index (χ2n) is 5.59. The molecule has 0 radical (unpaired) electrons. The summed E-state index contributed by atoms with van der Waals surface area (Å²) in [7, 11) is 2.03. The fourth-order valence-electron chi connectivity index (χ4n) is 2.84. The van der Waals surface area contributed by atoms with Gasteiger partial charge in [0.25, 0.3) is 0 Å². The topological polar surface area (TPSA) is 54.6 Å². The summed E-state index contributed by atoms with van der Waals surface area (Å²) in [6.45, 7) is 3.84. The summed E-state index contributed by atoms with van der Waals surface area (Å²) in [5.74, 6) is -0.930. The summed E-state index contributed by atoms with van der Waals surface area (Å²) in [4.78, 5) is 15.8. The largest absolute Gasteiger partial charge is 0.478 e. The van der Waals surface area contributed by atoms with Crippen molar-refractivity contribution < 1.29 is 9.90 Å². The first kappa shape index (κ1) is 15.0. The molecule has 0 unspecified atom stereocenters. The summed E-state index contributed by atoms with van der Waals surface area (Å²) in [5, 5.41) is 10.4. The number of benzene rings is 2. The minimum atomic E-state index is -0.930. The third kappa shape index (κ3) is 2.52. The van der Waals surface area contributed by atoms with Crippen molar-refractivity contribution in [2.24, 2.45) is 12.0 Å². The number of aromatic nitrogens is 1. The molecule has 3 rings (SSSR count). The Kier molecular flexibility index (Phi) is 3.74. The molecule has 0 bridgehead atoms. The van der Waals surface area contributed by atoms with Gasteiger partial charge in [0.1, 0.15) is 0 Å². The van der Waals surface area contributed by atoms with Crippen molar-refractivity contribution in [3.8, 4) is 0 Å². The predicted octanol–water partition coefficient (Wildman–Crippen LogP) is 4.24. The van der Waals surface area contributed by atoms with Crippen molar-refractivity contribution >= 4 is 28.8 Å². The summed E-state index contributed by atoms with van der Waals surface area (Å²) in [6.07, 6.45) is 1.83. The van der Waals surface area contributed by atoms with E-state index in [1.807, 2.05) is 31.5 Å². The summed E-state index contributed by atoms with van der Waals surface area (Å²) in [6, 6.07) is 13.3. The van der Waals surface area contributed by atoms with Crippen molar-refractivity contribution in [1.29, 1.82) is 0 Å². The Balaban J connectivity index is 2.10. The van der Waals surface area contributed by atoms with E-state index < -0.39 is 5.97 Å². The molecule has 1 aromatic heterocycles. The molecule has 0 aliphatic heterocycles. The van der Waals surface area contributed by atoms with E-state index in [9.17, 15) is 9.90 Å². The Morgan fingerprint density at radius 1 is 1.13 bits per heavy atom. The van der Waals surface area contributed by atoms with Crippen LogP contribution >= 0.6 is 0 Å². The molecule has 0 amide bonds. The Morgan fingerprint density at radius 2 is 1.87 bits per heavy atom. The number of fused-ring (bicyclic) bond motifs is 1. The lowest BCUT2D eigenvalue weighted by Crippen LogP contribution is -1.99. The van der Waals surface area contributed by atoms with Crippen LogP contribution in [-0.4, -0.2) is 21.9 Å². The Morgan fingerprint density at radius 3 is 2.61 bits per heavy atom. The molecule has 0 aliphatic rings. The highest BCUT2D eigenvalue weighted by molar-refractivity contribution is 6.02. The lowest BCUT2D eigenvalue weighted by atomic mass is 10.1. The fourth-order valence-corrected chi connectivity index (χ4v) is 2.84. The molecule has 2 aromatic carbocycles. The maximum absolute atomic E-state index is 11.2. The predicted molar refractivity (Wildman–Crippen MR) is 93.0 cm³/mol. The lowest BCUT2D eigenvalue weighted by Gasteiger charge is -2.04. The summed E-state index contributed by atoms with van der Waals surface area (Å²) < 4.78 is 2.14. The van der Waals surface area contributed by atoms with Crippen LogP contribution in [0.2, 0.25) is 0 Å². The highest BCUT2D eigenvalue weighted by Gasteiger charge is 2.11. The molecule has 0 fully saturated rings. The van der Waals surface area contributed by atoms with E-state index in [0.29, 0.717) is 11.3 Å². The molecule has 4 nitrogen and oxygen atoms in total. The first-order valence-corrected chi connectivity index (χ1v) is 7.41. The van der Waals surface area contributed by atoms with E-state index in [-0.39, 0.29) is 5.56 Å². The zero-order chi connectivity index (χ0) is 16.6. The molecule has 0 saturated carbocycles. The number of carbonyl (C=O) groups is 1. The minimum absolute atomic E-state index is 0.286. The van der Waals surface area contributed by atoms with Crippen LogP contribution in [0.1, 0.15) is 27.2 Å². The molecule has 0 atom stereocenters. The van der Waals surface area contributed by atoms with Gasteiger partial charge in [0.05, 0.1) is 11.3 Å². The second-order valence-corrected chi connectivity index (χ2v) is 5.59. The Bertz CT molecular complexity index is 936. The third-order valence-electron chi connectivity index (χ3n) is 4.32. The van der Waals surface area contributed by atoms with Gasteiger partial charge in [-0.2, -0.15) is 0 Å². The highest BCUT2D eigenvalue weighted by Crippen LogP contribution is 2.26. The molecule has 23 heavy (non-hydrogen) atoms. The number of para-hydroxylation sites is 1. The maximum Gasteiger partial charge on any atom is 0.336 e. The van der Waals surface area contributed by atoms with E-state index in [1.54, 1.807) is 19.1 Å². The number of aryl methyl sites for hydroxylation is 1. The van der Waals surface area contributed by atoms with E-state index in [0.717, 1.165) is 22.2 Å². The summed E-state index contributed by atoms with van der Waals surface area (Å²) >= 11 is 0. The third-order valence-corrected chi connectivity index (χ3v) is 4.32. The second kappa shape index (κ2) is 5.72. The normalized spacial score (nSPS) is 11.4. The Labute approximate surface area is 134 Å². The molecule has 4 heteroatoms. The van der Waals surface area contributed by atoms with Crippen LogP contribution in [0.3, 0.4) is 0 Å². The standard InChI is InChI=1S/C19H18N2O2/c1-12-14(19(22)23)8-6-9-17(12)20-11-16-13(2)21(3)18-10-5-4-7-15(16)18/h4-11H,1-3H3,(H,22,23). The number of nitrogens with zero attached hydrogens (tertiary/aromatic N) is 2. The van der Waals surface area contributed by atoms with Crippen LogP contribution in [-0.2, 0) is 7.05 Å². The molecule has 0 saturated heterocycles. The monoisotopic (exact) mass is 306 g/mol. The maximum atomic E-state index is 11.2. The first-order chi connectivity index (χ1) is 11.0. The Hall–Kier alpha value is -2.88. The van der Waals surface area contributed by atoms with Crippen molar-refractivity contribution in [2.75, 3.05) is 0 Å². The SMILES string of the molecule is Cc1c(N=Cc2c(C)n(C)c3ccccc23)cccc1C(=O)O. The minimum Gasteiger partial charge on any atom is -0.478 e. The van der Waals surface area contributed by atoms with Crippen molar-refractivity contribution in [2.45, 2.75) is 13.8 Å². The number of carboxylic acid groups (broad SMARTS) is 1. The molecular weight excluding hydrogens is 288 g/mol. The zero-order valence-corrected chi connectivity index (χ0v) is 13.4. The van der Waals surface area contributed by atoms with E-state index in [2.05, 4.69) is 28.6 Å². The van der Waals surface area contributed by atoms with Crippen LogP contribution in [0.25, 0.3) is 10.9 Å². The van der Waals surface area contributed by atoms with Crippen molar-refractivity contribution in [1.82, 2.24) is 4.57 Å². The number of hydrogen-bond donors (Lipinski definition) is 1. The number of carboxylic acids is 1. The van der Waals surface area contributed by atoms with Gasteiger partial charge in [0, 0.05) is 35.4 Å². The van der Waals surface area contributed by atoms with Gasteiger partial charge in [-0.3, -0.25) is 4.99 Å². The number of hydrogen-bond acceptors (Lipinski definition) is 2. The molecule has 0 aliphatic carbocycles. The van der Waals surface area contributed by atoms with Gasteiger partial charge in [-0.25, -0.2) is 4.79 Å². The van der Waals surface area contributed by atoms with Gasteiger partial charge < -0.3 is 9.67 Å². The average molecular weight is 306 g/mol. The van der Waals surface area contributed by atoms with Crippen LogP contribution in [0.4, 0.5) is 5.69 Å². The van der Waals surface area contributed by atoms with Crippen LogP contribution in [0, 0.1) is 13.8 Å². The molecule has 1 N–H and O–H groups in total. The number of rotatable bonds is 3. The molecule has 3 aromatic rings. The van der Waals surface area contributed by atoms with Crippen LogP contribution < -0.4 is 0 Å². The van der Waals surface area contributed by atoms with E-state index in [1.165, 1.54) is 0 Å². The van der Waals surface area contributed by atoms with Gasteiger partial charge in [-0.1, -0.05) is 24.3 Å². The molecule has 0 spiro atoms. The molecule has 1 heterocycles. The highest BCUT2D eigenvalue weighted by atomic mass is 16.4. The number of aromatic carboxylic acids is 1. The zero-order valence-electron chi connectivity index (χ0n) is 13.4. The van der Waals surface area contributed by atoms with Crippen LogP contribution in [0.5, 0.6) is 0 Å². The van der Waals surface area contributed by atoms with Gasteiger partial charge >= 0.3 is 5.97 Å². The molecular formula is C19H18N2O2. The average Bonchev–Trinajstić information content (AvgIpc) is 2.78.